The van der Waals surface area contributed by atoms with E-state index in [9.17, 15) is 0 Å². The molecule has 2 heterocycles. The summed E-state index contributed by atoms with van der Waals surface area (Å²) in [6.45, 7) is 2.05. The molecular weight excluding hydrogens is 334 g/mol. The van der Waals surface area contributed by atoms with Crippen molar-refractivity contribution in [3.8, 4) is 0 Å². The molecule has 0 radical (unpaired) electrons. The fraction of sp³-hybridized carbons (Fsp3) is 0.417. The van der Waals surface area contributed by atoms with Gasteiger partial charge in [-0.1, -0.05) is 18.5 Å². The normalized spacial score (nSPS) is 12.9. The summed E-state index contributed by atoms with van der Waals surface area (Å²) in [4.78, 5) is 1.15. The average Bonchev–Trinajstić information content (AvgIpc) is 2.87. The van der Waals surface area contributed by atoms with E-state index in [0.717, 1.165) is 31.5 Å². The van der Waals surface area contributed by atoms with Crippen LogP contribution in [0.2, 0.25) is 5.02 Å². The lowest BCUT2D eigenvalue weighted by Gasteiger charge is -2.10. The maximum absolute atomic E-state index is 6.32. The minimum absolute atomic E-state index is 0.0427. The summed E-state index contributed by atoms with van der Waals surface area (Å²) in [7, 11) is 1.91. The first kappa shape index (κ1) is 14.1. The van der Waals surface area contributed by atoms with Crippen LogP contribution in [0.5, 0.6) is 0 Å². The summed E-state index contributed by atoms with van der Waals surface area (Å²) < 4.78 is 2.93. The predicted molar refractivity (Wildman–Crippen MR) is 80.2 cm³/mol. The minimum atomic E-state index is -0.0427. The molecule has 98 valence electrons. The van der Waals surface area contributed by atoms with Gasteiger partial charge in [0.25, 0.3) is 0 Å². The third kappa shape index (κ3) is 2.79. The summed E-state index contributed by atoms with van der Waals surface area (Å²) >= 11 is 11.4. The molecule has 1 unspecified atom stereocenters. The van der Waals surface area contributed by atoms with Crippen molar-refractivity contribution in [1.82, 2.24) is 9.78 Å². The largest absolute Gasteiger partial charge is 0.323 e. The molecule has 0 saturated heterocycles. The number of hydrogen-bond acceptors (Lipinski definition) is 3. The molecule has 2 rings (SSSR count). The van der Waals surface area contributed by atoms with E-state index in [1.165, 1.54) is 0 Å². The number of aryl methyl sites for hydroxylation is 2. The van der Waals surface area contributed by atoms with Gasteiger partial charge < -0.3 is 5.73 Å². The number of halogens is 2. The summed E-state index contributed by atoms with van der Waals surface area (Å²) in [5.41, 5.74) is 8.16. The Labute approximate surface area is 124 Å². The molecule has 2 aromatic heterocycles. The van der Waals surface area contributed by atoms with Crippen molar-refractivity contribution in [2.45, 2.75) is 25.8 Å². The van der Waals surface area contributed by atoms with Crippen molar-refractivity contribution in [3.05, 3.63) is 37.2 Å². The maximum atomic E-state index is 6.32. The molecule has 0 aromatic carbocycles. The van der Waals surface area contributed by atoms with Gasteiger partial charge in [-0.2, -0.15) is 5.10 Å². The SMILES string of the molecule is CCc1nn(C)c(CC(N)c2ccc(Br)s2)c1Cl. The highest BCUT2D eigenvalue weighted by Gasteiger charge is 2.17. The Kier molecular flexibility index (Phi) is 4.48. The van der Waals surface area contributed by atoms with Gasteiger partial charge in [0.15, 0.2) is 0 Å². The molecule has 0 spiro atoms. The molecule has 0 aliphatic carbocycles. The van der Waals surface area contributed by atoms with E-state index in [0.29, 0.717) is 6.42 Å². The first-order valence-corrected chi connectivity index (χ1v) is 7.72. The summed E-state index contributed by atoms with van der Waals surface area (Å²) in [6, 6.07) is 4.02. The molecule has 0 saturated carbocycles. The third-order valence-electron chi connectivity index (χ3n) is 2.88. The van der Waals surface area contributed by atoms with Crippen molar-refractivity contribution in [2.75, 3.05) is 0 Å². The van der Waals surface area contributed by atoms with Gasteiger partial charge in [-0.3, -0.25) is 4.68 Å². The highest BCUT2D eigenvalue weighted by Crippen LogP contribution is 2.30. The maximum Gasteiger partial charge on any atom is 0.0850 e. The molecule has 3 nitrogen and oxygen atoms in total. The summed E-state index contributed by atoms with van der Waals surface area (Å²) in [5.74, 6) is 0. The summed E-state index contributed by atoms with van der Waals surface area (Å²) in [5, 5.41) is 5.16. The smallest absolute Gasteiger partial charge is 0.0850 e. The molecule has 0 amide bonds. The first-order chi connectivity index (χ1) is 8.52. The second kappa shape index (κ2) is 5.74. The van der Waals surface area contributed by atoms with E-state index >= 15 is 0 Å². The monoisotopic (exact) mass is 347 g/mol. The fourth-order valence-electron chi connectivity index (χ4n) is 1.88. The second-order valence-electron chi connectivity index (χ2n) is 4.14. The van der Waals surface area contributed by atoms with Crippen molar-refractivity contribution >= 4 is 38.9 Å². The Morgan fingerprint density at radius 1 is 1.56 bits per heavy atom. The quantitative estimate of drug-likeness (QED) is 0.915. The average molecular weight is 349 g/mol. The molecule has 2 N–H and O–H groups in total. The molecule has 0 bridgehead atoms. The van der Waals surface area contributed by atoms with Crippen molar-refractivity contribution < 1.29 is 0 Å². The van der Waals surface area contributed by atoms with Crippen LogP contribution in [0.15, 0.2) is 15.9 Å². The van der Waals surface area contributed by atoms with Gasteiger partial charge in [-0.05, 0) is 34.5 Å². The van der Waals surface area contributed by atoms with Gasteiger partial charge in [-0.25, -0.2) is 0 Å². The highest BCUT2D eigenvalue weighted by molar-refractivity contribution is 9.11. The van der Waals surface area contributed by atoms with Crippen LogP contribution < -0.4 is 5.73 Å². The molecule has 2 aromatic rings. The third-order valence-corrected chi connectivity index (χ3v) is 5.07. The minimum Gasteiger partial charge on any atom is -0.323 e. The lowest BCUT2D eigenvalue weighted by atomic mass is 10.1. The van der Waals surface area contributed by atoms with E-state index in [4.69, 9.17) is 17.3 Å². The second-order valence-corrected chi connectivity index (χ2v) is 7.01. The molecule has 1 atom stereocenters. The van der Waals surface area contributed by atoms with Gasteiger partial charge in [0, 0.05) is 24.4 Å². The van der Waals surface area contributed by atoms with Gasteiger partial charge in [0.05, 0.1) is 20.2 Å². The zero-order chi connectivity index (χ0) is 13.3. The topological polar surface area (TPSA) is 43.8 Å². The van der Waals surface area contributed by atoms with Crippen LogP contribution in [0.25, 0.3) is 0 Å². The number of aromatic nitrogens is 2. The number of nitrogens with zero attached hydrogens (tertiary/aromatic N) is 2. The van der Waals surface area contributed by atoms with Crippen molar-refractivity contribution in [2.24, 2.45) is 12.8 Å². The number of nitrogens with two attached hydrogens (primary N) is 1. The fourth-order valence-corrected chi connectivity index (χ4v) is 3.67. The molecule has 0 aliphatic heterocycles. The highest BCUT2D eigenvalue weighted by atomic mass is 79.9. The predicted octanol–water partition coefficient (Wildman–Crippen LogP) is 3.70. The Balaban J connectivity index is 2.21. The molecule has 18 heavy (non-hydrogen) atoms. The number of rotatable bonds is 4. The van der Waals surface area contributed by atoms with Crippen molar-refractivity contribution in [1.29, 1.82) is 0 Å². The van der Waals surface area contributed by atoms with E-state index < -0.39 is 0 Å². The zero-order valence-electron chi connectivity index (χ0n) is 10.3. The lowest BCUT2D eigenvalue weighted by molar-refractivity contribution is 0.644. The molecule has 6 heteroatoms. The van der Waals surface area contributed by atoms with Crippen molar-refractivity contribution in [3.63, 3.8) is 0 Å². The van der Waals surface area contributed by atoms with Crippen LogP contribution in [0.3, 0.4) is 0 Å². The zero-order valence-corrected chi connectivity index (χ0v) is 13.4. The van der Waals surface area contributed by atoms with Gasteiger partial charge in [0.1, 0.15) is 0 Å². The van der Waals surface area contributed by atoms with E-state index in [2.05, 4.69) is 21.0 Å². The Morgan fingerprint density at radius 3 is 2.78 bits per heavy atom. The Bertz CT molecular complexity index is 550. The standard InChI is InChI=1S/C12H15BrClN3S/c1-3-8-12(14)9(17(2)16-8)6-7(15)10-4-5-11(13)18-10/h4-5,7H,3,6,15H2,1-2H3. The number of thiophene rings is 1. The lowest BCUT2D eigenvalue weighted by Crippen LogP contribution is -2.14. The van der Waals surface area contributed by atoms with Gasteiger partial charge in [-0.15, -0.1) is 11.3 Å². The summed E-state index contributed by atoms with van der Waals surface area (Å²) in [6.07, 6.45) is 1.54. The van der Waals surface area contributed by atoms with Gasteiger partial charge in [0.2, 0.25) is 0 Å². The van der Waals surface area contributed by atoms with E-state index in [-0.39, 0.29) is 6.04 Å². The van der Waals surface area contributed by atoms with Gasteiger partial charge >= 0.3 is 0 Å². The molecule has 0 aliphatic rings. The van der Waals surface area contributed by atoms with E-state index in [1.54, 1.807) is 11.3 Å². The van der Waals surface area contributed by atoms with Crippen LogP contribution in [-0.2, 0) is 19.9 Å². The van der Waals surface area contributed by atoms with Crippen LogP contribution in [-0.4, -0.2) is 9.78 Å². The Hall–Kier alpha value is -0.360. The number of hydrogen-bond donors (Lipinski definition) is 1. The van der Waals surface area contributed by atoms with E-state index in [1.807, 2.05) is 30.8 Å². The van der Waals surface area contributed by atoms with Crippen LogP contribution in [0, 0.1) is 0 Å². The van der Waals surface area contributed by atoms with Crippen LogP contribution in [0.1, 0.15) is 29.2 Å². The Morgan fingerprint density at radius 2 is 2.28 bits per heavy atom. The molecular formula is C12H15BrClN3S. The first-order valence-electron chi connectivity index (χ1n) is 5.74. The van der Waals surface area contributed by atoms with Crippen LogP contribution >= 0.6 is 38.9 Å². The van der Waals surface area contributed by atoms with Crippen LogP contribution in [0.4, 0.5) is 0 Å². The molecule has 0 fully saturated rings.